The van der Waals surface area contributed by atoms with E-state index in [2.05, 4.69) is 48.3 Å². The molecule has 4 rings (SSSR count). The Morgan fingerprint density at radius 1 is 1.14 bits per heavy atom. The first-order valence-corrected chi connectivity index (χ1v) is 14.2. The van der Waals surface area contributed by atoms with Crippen molar-refractivity contribution in [3.05, 3.63) is 64.2 Å². The fourth-order valence-electron chi connectivity index (χ4n) is 5.87. The van der Waals surface area contributed by atoms with Crippen molar-refractivity contribution < 1.29 is 9.84 Å². The lowest BCUT2D eigenvalue weighted by molar-refractivity contribution is 0.0818. The predicted molar refractivity (Wildman–Crippen MR) is 154 cm³/mol. The average Bonchev–Trinajstić information content (AvgIpc) is 2.91. The molecule has 1 fully saturated rings. The maximum atomic E-state index is 9.64. The number of benzene rings is 2. The molecule has 7 heteroatoms. The fraction of sp³-hybridized carbons (Fsp3) is 0.567. The molecule has 2 heterocycles. The highest BCUT2D eigenvalue weighted by Crippen LogP contribution is 2.37. The second-order valence-corrected chi connectivity index (χ2v) is 10.4. The number of rotatable bonds is 8. The van der Waals surface area contributed by atoms with E-state index in [4.69, 9.17) is 21.4 Å². The van der Waals surface area contributed by atoms with Crippen LogP contribution in [0.1, 0.15) is 69.8 Å². The number of amidine groups is 1. The molecular weight excluding hydrogens is 484 g/mol. The lowest BCUT2D eigenvalue weighted by Crippen LogP contribution is -2.51. The van der Waals surface area contributed by atoms with Crippen LogP contribution in [-0.4, -0.2) is 54.7 Å². The van der Waals surface area contributed by atoms with E-state index < -0.39 is 0 Å². The minimum absolute atomic E-state index is 0.0355. The summed E-state index contributed by atoms with van der Waals surface area (Å²) in [5, 5.41) is 21.1. The highest BCUT2D eigenvalue weighted by molar-refractivity contribution is 6.32. The molecule has 0 aromatic heterocycles. The highest BCUT2D eigenvalue weighted by atomic mass is 35.5. The van der Waals surface area contributed by atoms with Crippen molar-refractivity contribution in [1.82, 2.24) is 15.2 Å². The summed E-state index contributed by atoms with van der Waals surface area (Å²) in [5.74, 6) is 3.40. The van der Waals surface area contributed by atoms with Crippen molar-refractivity contribution in [2.75, 3.05) is 33.9 Å². The minimum Gasteiger partial charge on any atom is -0.495 e. The number of fused-ring (bicyclic) bond motifs is 1. The number of aliphatic hydroxyl groups is 1. The summed E-state index contributed by atoms with van der Waals surface area (Å²) in [6, 6.07) is 14.5. The molecule has 2 aliphatic rings. The van der Waals surface area contributed by atoms with Gasteiger partial charge in [-0.05, 0) is 48.3 Å². The van der Waals surface area contributed by atoms with Gasteiger partial charge in [0.15, 0.2) is 5.84 Å². The third kappa shape index (κ3) is 6.78. The SMILES string of the molecule is CC.CCCC1CN(C2=NN(C)C(NCc3ccc(OC)c(Cl)c3)c3ccccc32)CC(C)C1CCO. The average molecular weight is 529 g/mol. The molecule has 6 nitrogen and oxygen atoms in total. The molecule has 0 spiro atoms. The Kier molecular flexibility index (Phi) is 11.1. The zero-order chi connectivity index (χ0) is 26.9. The van der Waals surface area contributed by atoms with Gasteiger partial charge in [0.2, 0.25) is 0 Å². The molecule has 0 amide bonds. The van der Waals surface area contributed by atoms with Crippen molar-refractivity contribution in [2.24, 2.45) is 22.9 Å². The van der Waals surface area contributed by atoms with E-state index >= 15 is 0 Å². The Morgan fingerprint density at radius 2 is 1.89 bits per heavy atom. The molecule has 4 unspecified atom stereocenters. The monoisotopic (exact) mass is 528 g/mol. The van der Waals surface area contributed by atoms with Crippen LogP contribution in [0.4, 0.5) is 0 Å². The van der Waals surface area contributed by atoms with Crippen LogP contribution in [0.2, 0.25) is 5.02 Å². The lowest BCUT2D eigenvalue weighted by atomic mass is 9.74. The number of nitrogens with zero attached hydrogens (tertiary/aromatic N) is 3. The summed E-state index contributed by atoms with van der Waals surface area (Å²) < 4.78 is 5.28. The van der Waals surface area contributed by atoms with E-state index in [1.165, 1.54) is 17.5 Å². The quantitative estimate of drug-likeness (QED) is 0.431. The van der Waals surface area contributed by atoms with Gasteiger partial charge < -0.3 is 14.7 Å². The smallest absolute Gasteiger partial charge is 0.156 e. The van der Waals surface area contributed by atoms with Crippen molar-refractivity contribution in [3.8, 4) is 5.75 Å². The number of hydrogen-bond acceptors (Lipinski definition) is 6. The van der Waals surface area contributed by atoms with E-state index in [0.717, 1.165) is 37.3 Å². The van der Waals surface area contributed by atoms with Crippen molar-refractivity contribution in [2.45, 2.75) is 59.7 Å². The second-order valence-electron chi connectivity index (χ2n) is 9.94. The zero-order valence-corrected chi connectivity index (χ0v) is 24.1. The Labute approximate surface area is 228 Å². The first-order chi connectivity index (χ1) is 18.0. The van der Waals surface area contributed by atoms with Crippen LogP contribution in [-0.2, 0) is 6.54 Å². The van der Waals surface area contributed by atoms with Gasteiger partial charge in [0.25, 0.3) is 0 Å². The van der Waals surface area contributed by atoms with Crippen LogP contribution in [0.5, 0.6) is 5.75 Å². The Balaban J connectivity index is 0.00000186. The van der Waals surface area contributed by atoms with Crippen LogP contribution in [0, 0.1) is 17.8 Å². The number of hydrogen-bond donors (Lipinski definition) is 2. The molecule has 2 aromatic rings. The fourth-order valence-corrected chi connectivity index (χ4v) is 6.15. The molecule has 204 valence electrons. The van der Waals surface area contributed by atoms with E-state index in [9.17, 15) is 5.11 Å². The molecule has 4 atom stereocenters. The van der Waals surface area contributed by atoms with Gasteiger partial charge in [0.1, 0.15) is 11.9 Å². The van der Waals surface area contributed by atoms with Gasteiger partial charge in [0, 0.05) is 44.4 Å². The first-order valence-electron chi connectivity index (χ1n) is 13.8. The zero-order valence-electron chi connectivity index (χ0n) is 23.4. The van der Waals surface area contributed by atoms with Gasteiger partial charge in [-0.25, -0.2) is 0 Å². The number of methoxy groups -OCH3 is 1. The van der Waals surface area contributed by atoms with E-state index in [0.29, 0.717) is 35.1 Å². The largest absolute Gasteiger partial charge is 0.495 e. The number of halogens is 1. The summed E-state index contributed by atoms with van der Waals surface area (Å²) in [6.45, 7) is 11.5. The molecule has 0 radical (unpaired) electrons. The summed E-state index contributed by atoms with van der Waals surface area (Å²) in [5.41, 5.74) is 3.52. The summed E-state index contributed by atoms with van der Waals surface area (Å²) >= 11 is 6.34. The van der Waals surface area contributed by atoms with Crippen LogP contribution in [0.25, 0.3) is 0 Å². The van der Waals surface area contributed by atoms with E-state index in [1.807, 2.05) is 44.1 Å². The molecule has 2 aliphatic heterocycles. The van der Waals surface area contributed by atoms with E-state index in [-0.39, 0.29) is 12.8 Å². The molecule has 0 saturated carbocycles. The summed E-state index contributed by atoms with van der Waals surface area (Å²) in [4.78, 5) is 2.48. The van der Waals surface area contributed by atoms with Gasteiger partial charge >= 0.3 is 0 Å². The molecule has 2 N–H and O–H groups in total. The van der Waals surface area contributed by atoms with Gasteiger partial charge in [-0.15, -0.1) is 0 Å². The first kappa shape index (κ1) is 29.3. The number of piperidine rings is 1. The lowest BCUT2D eigenvalue weighted by Gasteiger charge is -2.46. The summed E-state index contributed by atoms with van der Waals surface area (Å²) in [6.07, 6.45) is 3.21. The third-order valence-corrected chi connectivity index (χ3v) is 7.85. The number of aliphatic hydroxyl groups excluding tert-OH is 1. The Morgan fingerprint density at radius 3 is 2.57 bits per heavy atom. The Bertz CT molecular complexity index is 1030. The standard InChI is InChI=1S/C28H39ClN4O2.C2H6/c1-5-8-21-18-33(17-19(2)22(21)13-14-34)28-24-10-7-6-9-23(24)27(32(3)31-28)30-16-20-11-12-26(35-4)25(29)15-20;1-2/h6-7,9-12,15,19,21-22,27,30,34H,5,8,13-14,16-18H2,1-4H3;1-2H3. The maximum Gasteiger partial charge on any atom is 0.156 e. The van der Waals surface area contributed by atoms with Crippen LogP contribution in [0.15, 0.2) is 47.6 Å². The van der Waals surface area contributed by atoms with Crippen molar-refractivity contribution in [3.63, 3.8) is 0 Å². The number of likely N-dealkylation sites (tertiary alicyclic amines) is 1. The molecular formula is C30H45ClN4O2. The highest BCUT2D eigenvalue weighted by Gasteiger charge is 2.37. The summed E-state index contributed by atoms with van der Waals surface area (Å²) in [7, 11) is 3.67. The number of hydrazone groups is 1. The van der Waals surface area contributed by atoms with Crippen molar-refractivity contribution >= 4 is 17.4 Å². The van der Waals surface area contributed by atoms with Gasteiger partial charge in [-0.1, -0.05) is 76.0 Å². The van der Waals surface area contributed by atoms with E-state index in [1.54, 1.807) is 7.11 Å². The number of nitrogens with one attached hydrogen (secondary N) is 1. The third-order valence-electron chi connectivity index (χ3n) is 7.56. The Hall–Kier alpha value is -2.28. The molecule has 1 saturated heterocycles. The van der Waals surface area contributed by atoms with Gasteiger partial charge in [0.05, 0.1) is 12.1 Å². The van der Waals surface area contributed by atoms with Gasteiger partial charge in [-0.3, -0.25) is 10.3 Å². The topological polar surface area (TPSA) is 60.3 Å². The number of ether oxygens (including phenoxy) is 1. The normalized spacial score (nSPS) is 23.1. The minimum atomic E-state index is -0.0355. The molecule has 0 bridgehead atoms. The van der Waals surface area contributed by atoms with Gasteiger partial charge in [-0.2, -0.15) is 5.10 Å². The van der Waals surface area contributed by atoms with Crippen LogP contribution >= 0.6 is 11.6 Å². The molecule has 2 aromatic carbocycles. The predicted octanol–water partition coefficient (Wildman–Crippen LogP) is 6.14. The van der Waals surface area contributed by atoms with Crippen LogP contribution < -0.4 is 10.1 Å². The van der Waals surface area contributed by atoms with Crippen LogP contribution in [0.3, 0.4) is 0 Å². The molecule has 0 aliphatic carbocycles. The maximum absolute atomic E-state index is 9.64. The van der Waals surface area contributed by atoms with Crippen molar-refractivity contribution in [1.29, 1.82) is 0 Å². The second kappa shape index (κ2) is 14.0. The molecule has 37 heavy (non-hydrogen) atoms.